The van der Waals surface area contributed by atoms with Gasteiger partial charge >= 0.3 is 0 Å². The van der Waals surface area contributed by atoms with Crippen molar-refractivity contribution in [1.82, 2.24) is 19.7 Å². The third-order valence-corrected chi connectivity index (χ3v) is 5.03. The Morgan fingerprint density at radius 1 is 0.828 bits per heavy atom. The van der Waals surface area contributed by atoms with Crippen LogP contribution in [0.5, 0.6) is 0 Å². The Kier molecular flexibility index (Phi) is 4.41. The van der Waals surface area contributed by atoms with Gasteiger partial charge in [-0.15, -0.1) is 0 Å². The summed E-state index contributed by atoms with van der Waals surface area (Å²) in [6.07, 6.45) is 3.64. The van der Waals surface area contributed by atoms with E-state index in [9.17, 15) is 4.39 Å². The van der Waals surface area contributed by atoms with Gasteiger partial charge in [0.15, 0.2) is 0 Å². The lowest BCUT2D eigenvalue weighted by Gasteiger charge is -2.03. The topological polar surface area (TPSA) is 46.5 Å². The Labute approximate surface area is 167 Å². The second-order valence-corrected chi connectivity index (χ2v) is 7.02. The monoisotopic (exact) mass is 382 g/mol. The summed E-state index contributed by atoms with van der Waals surface area (Å²) in [5.41, 5.74) is 6.12. The molecule has 2 aromatic heterocycles. The highest BCUT2D eigenvalue weighted by Crippen LogP contribution is 2.25. The SMILES string of the molecule is Fc1ccc(CCc2cn(-c3nc4ccccc4[nH]3)nc2-c2ccccc2)cc1. The van der Waals surface area contributed by atoms with Gasteiger partial charge in [-0.25, -0.2) is 14.1 Å². The van der Waals surface area contributed by atoms with Crippen LogP contribution in [0.1, 0.15) is 11.1 Å². The number of aromatic amines is 1. The quantitative estimate of drug-likeness (QED) is 0.446. The molecule has 2 heterocycles. The lowest BCUT2D eigenvalue weighted by molar-refractivity contribution is 0.627. The van der Waals surface area contributed by atoms with E-state index in [0.717, 1.165) is 46.3 Å². The molecule has 0 spiro atoms. The molecule has 29 heavy (non-hydrogen) atoms. The fourth-order valence-electron chi connectivity index (χ4n) is 3.52. The predicted molar refractivity (Wildman–Crippen MR) is 112 cm³/mol. The minimum absolute atomic E-state index is 0.212. The molecule has 0 saturated carbocycles. The predicted octanol–water partition coefficient (Wildman–Crippen LogP) is 5.34. The molecule has 5 aromatic rings. The molecule has 0 bridgehead atoms. The normalized spacial score (nSPS) is 11.2. The summed E-state index contributed by atoms with van der Waals surface area (Å²) < 4.78 is 15.0. The van der Waals surface area contributed by atoms with Crippen LogP contribution in [-0.4, -0.2) is 19.7 Å². The highest BCUT2D eigenvalue weighted by atomic mass is 19.1. The molecule has 0 aliphatic rings. The number of hydrogen-bond acceptors (Lipinski definition) is 2. The van der Waals surface area contributed by atoms with Crippen LogP contribution in [0.4, 0.5) is 4.39 Å². The molecule has 4 nitrogen and oxygen atoms in total. The highest BCUT2D eigenvalue weighted by Gasteiger charge is 2.14. The molecular formula is C24H19FN4. The van der Waals surface area contributed by atoms with Gasteiger partial charge in [0.2, 0.25) is 5.95 Å². The standard InChI is InChI=1S/C24H19FN4/c25-20-14-11-17(12-15-20)10-13-19-16-29(28-23(19)18-6-2-1-3-7-18)24-26-21-8-4-5-9-22(21)27-24/h1-9,11-12,14-16H,10,13H2,(H,26,27). The number of halogens is 1. The Hall–Kier alpha value is -3.73. The van der Waals surface area contributed by atoms with Crippen LogP contribution < -0.4 is 0 Å². The zero-order valence-corrected chi connectivity index (χ0v) is 15.7. The van der Waals surface area contributed by atoms with Crippen molar-refractivity contribution in [2.24, 2.45) is 0 Å². The third kappa shape index (κ3) is 3.55. The van der Waals surface area contributed by atoms with E-state index in [1.165, 1.54) is 12.1 Å². The molecule has 5 heteroatoms. The lowest BCUT2D eigenvalue weighted by Crippen LogP contribution is -1.97. The summed E-state index contributed by atoms with van der Waals surface area (Å²) in [6, 6.07) is 24.8. The van der Waals surface area contributed by atoms with Crippen molar-refractivity contribution in [3.8, 4) is 17.2 Å². The second-order valence-electron chi connectivity index (χ2n) is 7.02. The fourth-order valence-corrected chi connectivity index (χ4v) is 3.52. The van der Waals surface area contributed by atoms with E-state index in [2.05, 4.69) is 22.1 Å². The van der Waals surface area contributed by atoms with Gasteiger partial charge in [-0.1, -0.05) is 54.6 Å². The van der Waals surface area contributed by atoms with Crippen LogP contribution in [0.25, 0.3) is 28.2 Å². The first-order chi connectivity index (χ1) is 14.3. The van der Waals surface area contributed by atoms with Crippen molar-refractivity contribution in [3.63, 3.8) is 0 Å². The van der Waals surface area contributed by atoms with Crippen molar-refractivity contribution in [3.05, 3.63) is 102 Å². The Morgan fingerprint density at radius 3 is 2.38 bits per heavy atom. The van der Waals surface area contributed by atoms with Gasteiger partial charge in [0.1, 0.15) is 5.82 Å². The number of H-pyrrole nitrogens is 1. The summed E-state index contributed by atoms with van der Waals surface area (Å²) >= 11 is 0. The molecule has 5 rings (SSSR count). The maximum absolute atomic E-state index is 13.2. The summed E-state index contributed by atoms with van der Waals surface area (Å²) in [5.74, 6) is 0.479. The van der Waals surface area contributed by atoms with Crippen LogP contribution in [0.2, 0.25) is 0 Å². The number of aryl methyl sites for hydroxylation is 2. The molecule has 0 amide bonds. The first-order valence-electron chi connectivity index (χ1n) is 9.60. The average Bonchev–Trinajstić information content (AvgIpc) is 3.38. The Bertz CT molecular complexity index is 1220. The lowest BCUT2D eigenvalue weighted by atomic mass is 10.0. The van der Waals surface area contributed by atoms with Gasteiger partial charge < -0.3 is 4.98 Å². The Morgan fingerprint density at radius 2 is 1.59 bits per heavy atom. The molecule has 142 valence electrons. The summed E-state index contributed by atoms with van der Waals surface area (Å²) in [4.78, 5) is 7.99. The van der Waals surface area contributed by atoms with Crippen molar-refractivity contribution in [2.45, 2.75) is 12.8 Å². The van der Waals surface area contributed by atoms with Crippen LogP contribution in [0, 0.1) is 5.82 Å². The van der Waals surface area contributed by atoms with E-state index < -0.39 is 0 Å². The molecule has 0 radical (unpaired) electrons. The number of hydrogen-bond donors (Lipinski definition) is 1. The largest absolute Gasteiger partial charge is 0.322 e. The van der Waals surface area contributed by atoms with E-state index in [1.54, 1.807) is 0 Å². The number of para-hydroxylation sites is 2. The molecular weight excluding hydrogens is 363 g/mol. The zero-order valence-electron chi connectivity index (χ0n) is 15.7. The van der Waals surface area contributed by atoms with Crippen LogP contribution in [0.3, 0.4) is 0 Å². The molecule has 0 unspecified atom stereocenters. The molecule has 0 saturated heterocycles. The van der Waals surface area contributed by atoms with Crippen molar-refractivity contribution in [1.29, 1.82) is 0 Å². The number of fused-ring (bicyclic) bond motifs is 1. The first-order valence-corrected chi connectivity index (χ1v) is 9.60. The van der Waals surface area contributed by atoms with Crippen molar-refractivity contribution < 1.29 is 4.39 Å². The van der Waals surface area contributed by atoms with Gasteiger partial charge in [0.25, 0.3) is 0 Å². The maximum atomic E-state index is 13.2. The van der Waals surface area contributed by atoms with E-state index in [1.807, 2.05) is 65.5 Å². The number of rotatable bonds is 5. The second kappa shape index (κ2) is 7.36. The van der Waals surface area contributed by atoms with Crippen molar-refractivity contribution in [2.75, 3.05) is 0 Å². The van der Waals surface area contributed by atoms with Crippen molar-refractivity contribution >= 4 is 11.0 Å². The average molecular weight is 382 g/mol. The van der Waals surface area contributed by atoms with Gasteiger partial charge in [0, 0.05) is 11.8 Å². The third-order valence-electron chi connectivity index (χ3n) is 5.03. The zero-order chi connectivity index (χ0) is 19.6. The van der Waals surface area contributed by atoms with E-state index in [4.69, 9.17) is 5.10 Å². The number of nitrogens with one attached hydrogen (secondary N) is 1. The van der Waals surface area contributed by atoms with Crippen LogP contribution >= 0.6 is 0 Å². The maximum Gasteiger partial charge on any atom is 0.229 e. The minimum atomic E-state index is -0.212. The number of imidazole rings is 1. The van der Waals surface area contributed by atoms with Gasteiger partial charge in [0.05, 0.1) is 16.7 Å². The van der Waals surface area contributed by atoms with Gasteiger partial charge in [-0.2, -0.15) is 5.10 Å². The van der Waals surface area contributed by atoms with E-state index in [-0.39, 0.29) is 5.82 Å². The summed E-state index contributed by atoms with van der Waals surface area (Å²) in [5, 5.41) is 4.84. The van der Waals surface area contributed by atoms with Crippen LogP contribution in [-0.2, 0) is 12.8 Å². The first kappa shape index (κ1) is 17.4. The molecule has 0 fully saturated rings. The molecule has 1 N–H and O–H groups in total. The number of nitrogens with zero attached hydrogens (tertiary/aromatic N) is 3. The smallest absolute Gasteiger partial charge is 0.229 e. The van der Waals surface area contributed by atoms with Gasteiger partial charge in [-0.3, -0.25) is 0 Å². The summed E-state index contributed by atoms with van der Waals surface area (Å²) in [7, 11) is 0. The number of benzene rings is 3. The molecule has 0 aliphatic carbocycles. The van der Waals surface area contributed by atoms with E-state index >= 15 is 0 Å². The molecule has 0 aliphatic heterocycles. The van der Waals surface area contributed by atoms with E-state index in [0.29, 0.717) is 5.95 Å². The minimum Gasteiger partial charge on any atom is -0.322 e. The molecule has 3 aromatic carbocycles. The van der Waals surface area contributed by atoms with Crippen LogP contribution in [0.15, 0.2) is 85.1 Å². The number of aromatic nitrogens is 4. The highest BCUT2D eigenvalue weighted by molar-refractivity contribution is 5.76. The fraction of sp³-hybridized carbons (Fsp3) is 0.0833. The molecule has 0 atom stereocenters. The Balaban J connectivity index is 1.52. The van der Waals surface area contributed by atoms with Gasteiger partial charge in [-0.05, 0) is 48.2 Å². The summed E-state index contributed by atoms with van der Waals surface area (Å²) in [6.45, 7) is 0.